The van der Waals surface area contributed by atoms with E-state index in [1.165, 1.54) is 0 Å². The number of carbonyl (C=O) groups is 4. The highest BCUT2D eigenvalue weighted by atomic mass is 35.5. The summed E-state index contributed by atoms with van der Waals surface area (Å²) >= 11 is 37.7. The zero-order valence-electron chi connectivity index (χ0n) is 29.4. The fraction of sp³-hybridized carbons (Fsp3) is 0.556. The van der Waals surface area contributed by atoms with Gasteiger partial charge in [0.1, 0.15) is 11.1 Å². The summed E-state index contributed by atoms with van der Waals surface area (Å²) in [5.74, 6) is -5.58. The highest BCUT2D eigenvalue weighted by molar-refractivity contribution is 6.47. The van der Waals surface area contributed by atoms with E-state index in [2.05, 4.69) is 48.5 Å². The van der Waals surface area contributed by atoms with Crippen LogP contribution in [0.4, 0.5) is 0 Å². The van der Waals surface area contributed by atoms with Crippen LogP contribution in [0.5, 0.6) is 11.5 Å². The molecular formula is C36H44Cl6O8. The fourth-order valence-corrected chi connectivity index (χ4v) is 7.16. The van der Waals surface area contributed by atoms with Crippen LogP contribution in [-0.4, -0.2) is 37.1 Å². The molecule has 0 N–H and O–H groups in total. The summed E-state index contributed by atoms with van der Waals surface area (Å²) < 4.78 is 21.5. The van der Waals surface area contributed by atoms with Gasteiger partial charge in [0.05, 0.1) is 43.3 Å². The minimum absolute atomic E-state index is 0.0126. The first kappa shape index (κ1) is 44.2. The molecule has 3 atom stereocenters. The molecule has 0 bridgehead atoms. The van der Waals surface area contributed by atoms with Crippen molar-refractivity contribution in [3.8, 4) is 11.5 Å². The van der Waals surface area contributed by atoms with E-state index in [9.17, 15) is 19.2 Å². The molecule has 0 spiro atoms. The molecule has 0 saturated heterocycles. The number of hydrogen-bond acceptors (Lipinski definition) is 8. The zero-order chi connectivity index (χ0) is 38.1. The van der Waals surface area contributed by atoms with Crippen molar-refractivity contribution in [2.75, 3.05) is 13.2 Å². The smallest absolute Gasteiger partial charge is 0.423 e. The van der Waals surface area contributed by atoms with E-state index in [1.54, 1.807) is 0 Å². The molecule has 0 amide bonds. The number of ether oxygens (including phenoxy) is 4. The molecule has 2 aromatic carbocycles. The molecule has 0 fully saturated rings. The summed E-state index contributed by atoms with van der Waals surface area (Å²) in [7, 11) is 0. The van der Waals surface area contributed by atoms with Crippen LogP contribution in [0, 0.1) is 29.1 Å². The Morgan fingerprint density at radius 1 is 0.660 bits per heavy atom. The van der Waals surface area contributed by atoms with E-state index < -0.39 is 46.5 Å². The van der Waals surface area contributed by atoms with E-state index in [-0.39, 0.29) is 66.5 Å². The second kappa shape index (κ2) is 19.8. The number of halogens is 6. The summed E-state index contributed by atoms with van der Waals surface area (Å²) in [6, 6.07) is 2.26. The van der Waals surface area contributed by atoms with Crippen LogP contribution in [0.1, 0.15) is 108 Å². The molecule has 0 heterocycles. The van der Waals surface area contributed by atoms with Crippen molar-refractivity contribution in [2.24, 2.45) is 29.1 Å². The SMILES string of the molecule is CCCC(C(C)C)C(C)COC(=O)c1c(Cl)c(Cl)cc(Cl)c1OC(=O)C(=O)Oc1c(Cl)cc(Cl)c(Cl)c1C(=O)OCCC(CCC)C(C)(C)C. The number of esters is 4. The Hall–Kier alpha value is -1.94. The zero-order valence-corrected chi connectivity index (χ0v) is 34.0. The normalized spacial score (nSPS) is 13.4. The van der Waals surface area contributed by atoms with Crippen molar-refractivity contribution in [1.82, 2.24) is 0 Å². The molecule has 2 aromatic rings. The Morgan fingerprint density at radius 3 is 1.50 bits per heavy atom. The van der Waals surface area contributed by atoms with E-state index in [0.29, 0.717) is 12.3 Å². The van der Waals surface area contributed by atoms with Gasteiger partial charge in [-0.3, -0.25) is 0 Å². The van der Waals surface area contributed by atoms with Gasteiger partial charge in [0.2, 0.25) is 0 Å². The van der Waals surface area contributed by atoms with Gasteiger partial charge >= 0.3 is 23.9 Å². The molecule has 0 aliphatic carbocycles. The second-order valence-corrected chi connectivity index (χ2v) is 15.9. The molecular weight excluding hydrogens is 773 g/mol. The molecule has 50 heavy (non-hydrogen) atoms. The first-order valence-corrected chi connectivity index (χ1v) is 18.7. The predicted octanol–water partition coefficient (Wildman–Crippen LogP) is 12.0. The molecule has 3 unspecified atom stereocenters. The van der Waals surface area contributed by atoms with Crippen LogP contribution in [0.3, 0.4) is 0 Å². The minimum atomic E-state index is -1.65. The number of carbonyl (C=O) groups excluding carboxylic acids is 4. The summed E-state index contributed by atoms with van der Waals surface area (Å²) in [5.41, 5.74) is -0.970. The van der Waals surface area contributed by atoms with Gasteiger partial charge in [-0.15, -0.1) is 0 Å². The van der Waals surface area contributed by atoms with Crippen LogP contribution in [-0.2, 0) is 19.1 Å². The molecule has 14 heteroatoms. The third-order valence-electron chi connectivity index (χ3n) is 8.47. The second-order valence-electron chi connectivity index (χ2n) is 13.5. The maximum atomic E-state index is 13.3. The van der Waals surface area contributed by atoms with Gasteiger partial charge < -0.3 is 18.9 Å². The first-order valence-electron chi connectivity index (χ1n) is 16.4. The average Bonchev–Trinajstić information content (AvgIpc) is 3.02. The third kappa shape index (κ3) is 11.8. The van der Waals surface area contributed by atoms with Crippen molar-refractivity contribution >= 4 is 93.5 Å². The monoisotopic (exact) mass is 814 g/mol. The molecule has 0 radical (unpaired) electrons. The van der Waals surface area contributed by atoms with Gasteiger partial charge in [-0.25, -0.2) is 19.2 Å². The summed E-state index contributed by atoms with van der Waals surface area (Å²) in [6.07, 6.45) is 4.33. The van der Waals surface area contributed by atoms with Crippen LogP contribution >= 0.6 is 69.6 Å². The van der Waals surface area contributed by atoms with E-state index >= 15 is 0 Å². The lowest BCUT2D eigenvalue weighted by atomic mass is 9.76. The quantitative estimate of drug-likeness (QED) is 0.0757. The molecule has 278 valence electrons. The van der Waals surface area contributed by atoms with Crippen molar-refractivity contribution in [3.05, 3.63) is 53.4 Å². The maximum absolute atomic E-state index is 13.3. The van der Waals surface area contributed by atoms with Crippen molar-refractivity contribution < 1.29 is 38.1 Å². The fourth-order valence-electron chi connectivity index (χ4n) is 5.73. The number of benzene rings is 2. The molecule has 8 nitrogen and oxygen atoms in total. The van der Waals surface area contributed by atoms with Crippen molar-refractivity contribution in [2.45, 2.75) is 87.5 Å². The number of rotatable bonds is 15. The molecule has 0 aliphatic heterocycles. The van der Waals surface area contributed by atoms with Gasteiger partial charge in [-0.2, -0.15) is 0 Å². The largest absolute Gasteiger partial charge is 0.462 e. The Labute approximate surface area is 324 Å². The molecule has 0 aliphatic rings. The maximum Gasteiger partial charge on any atom is 0.423 e. The van der Waals surface area contributed by atoms with Crippen molar-refractivity contribution in [1.29, 1.82) is 0 Å². The first-order chi connectivity index (χ1) is 23.3. The molecule has 0 aromatic heterocycles. The molecule has 0 saturated carbocycles. The van der Waals surface area contributed by atoms with Gasteiger partial charge in [0.25, 0.3) is 0 Å². The average molecular weight is 817 g/mol. The van der Waals surface area contributed by atoms with Gasteiger partial charge in [0.15, 0.2) is 11.5 Å². The Balaban J connectivity index is 2.34. The van der Waals surface area contributed by atoms with Crippen molar-refractivity contribution in [3.63, 3.8) is 0 Å². The van der Waals surface area contributed by atoms with Crippen LogP contribution in [0.15, 0.2) is 12.1 Å². The minimum Gasteiger partial charge on any atom is -0.462 e. The topological polar surface area (TPSA) is 105 Å². The lowest BCUT2D eigenvalue weighted by molar-refractivity contribution is -0.156. The lowest BCUT2D eigenvalue weighted by Crippen LogP contribution is -2.28. The van der Waals surface area contributed by atoms with Crippen LogP contribution in [0.2, 0.25) is 30.1 Å². The summed E-state index contributed by atoms with van der Waals surface area (Å²) in [5, 5.41) is -1.52. The van der Waals surface area contributed by atoms with Gasteiger partial charge in [-0.1, -0.05) is 151 Å². The number of hydrogen-bond donors (Lipinski definition) is 0. The van der Waals surface area contributed by atoms with Crippen LogP contribution < -0.4 is 9.47 Å². The van der Waals surface area contributed by atoms with E-state index in [4.69, 9.17) is 88.6 Å². The lowest BCUT2D eigenvalue weighted by Gasteiger charge is -2.30. The van der Waals surface area contributed by atoms with E-state index in [0.717, 1.165) is 37.8 Å². The Bertz CT molecular complexity index is 1550. The highest BCUT2D eigenvalue weighted by Gasteiger charge is 2.33. The van der Waals surface area contributed by atoms with Gasteiger partial charge in [0, 0.05) is 0 Å². The predicted molar refractivity (Wildman–Crippen MR) is 200 cm³/mol. The summed E-state index contributed by atoms with van der Waals surface area (Å²) in [4.78, 5) is 52.7. The Morgan fingerprint density at radius 2 is 1.10 bits per heavy atom. The standard InChI is InChI=1S/C36H44Cl6O8/c1-9-11-20(36(6,7)8)13-14-47-32(43)26-28(41)22(37)15-24(39)30(26)49-34(45)35(46)50-31-25(40)16-23(38)29(42)27(31)33(44)48-17-19(5)21(12-10-2)18(3)4/h15-16,18-21H,9-14,17H2,1-8H3. The van der Waals surface area contributed by atoms with Gasteiger partial charge in [-0.05, 0) is 47.6 Å². The molecule has 2 rings (SSSR count). The van der Waals surface area contributed by atoms with Crippen LogP contribution in [0.25, 0.3) is 0 Å². The highest BCUT2D eigenvalue weighted by Crippen LogP contribution is 2.42. The Kier molecular flexibility index (Phi) is 17.5. The third-order valence-corrected chi connectivity index (χ3v) is 10.6. The summed E-state index contributed by atoms with van der Waals surface area (Å²) in [6.45, 7) is 16.7. The van der Waals surface area contributed by atoms with E-state index in [1.807, 2.05) is 6.92 Å².